The monoisotopic (exact) mass is 452 g/mol. The Morgan fingerprint density at radius 1 is 0.719 bits per heavy atom. The molecule has 0 aliphatic carbocycles. The molecule has 0 saturated carbocycles. The lowest BCUT2D eigenvalue weighted by atomic mass is 10.1. The molecule has 0 saturated heterocycles. The number of hydrogen-bond donors (Lipinski definition) is 6. The van der Waals surface area contributed by atoms with Crippen molar-refractivity contribution < 1.29 is 50.9 Å². The molecule has 0 aliphatic heterocycles. The van der Waals surface area contributed by atoms with E-state index in [1.165, 1.54) is 0 Å². The van der Waals surface area contributed by atoms with Gasteiger partial charge in [0.2, 0.25) is 0 Å². The molecule has 0 radical (unpaired) electrons. The van der Waals surface area contributed by atoms with Crippen molar-refractivity contribution >= 4 is 11.9 Å². The molecule has 0 bridgehead atoms. The summed E-state index contributed by atoms with van der Waals surface area (Å²) in [5, 5.41) is 59.8. The number of aliphatic hydroxyl groups is 2. The van der Waals surface area contributed by atoms with E-state index in [2.05, 4.69) is 0 Å². The van der Waals surface area contributed by atoms with Gasteiger partial charge in [-0.15, -0.1) is 0 Å². The van der Waals surface area contributed by atoms with Gasteiger partial charge in [-0.3, -0.25) is 0 Å². The number of carbonyl (C=O) groups is 2. The van der Waals surface area contributed by atoms with Gasteiger partial charge in [-0.2, -0.15) is 0 Å². The van der Waals surface area contributed by atoms with Gasteiger partial charge in [0.05, 0.1) is 14.1 Å². The Morgan fingerprint density at radius 2 is 1.00 bits per heavy atom. The van der Waals surface area contributed by atoms with Crippen LogP contribution in [0.5, 0.6) is 11.5 Å². The van der Waals surface area contributed by atoms with Gasteiger partial charge in [0, 0.05) is 11.9 Å². The largest absolute Gasteiger partial charge is 0.550 e. The molecular weight excluding hydrogens is 420 g/mol. The molecule has 32 heavy (non-hydrogen) atoms. The van der Waals surface area contributed by atoms with Crippen LogP contribution in [0.3, 0.4) is 0 Å². The van der Waals surface area contributed by atoms with Gasteiger partial charge in [-0.25, -0.2) is 0 Å². The van der Waals surface area contributed by atoms with Crippen molar-refractivity contribution in [2.24, 2.45) is 0 Å². The van der Waals surface area contributed by atoms with Gasteiger partial charge in [-0.1, -0.05) is 24.3 Å². The molecule has 0 unspecified atom stereocenters. The number of carboxylic acid groups (broad SMARTS) is 2. The number of carboxylic acids is 2. The number of quaternary nitrogens is 2. The first-order valence-corrected chi connectivity index (χ1v) is 9.99. The zero-order valence-corrected chi connectivity index (χ0v) is 18.2. The minimum Gasteiger partial charge on any atom is -0.550 e. The number of carbonyl (C=O) groups excluding carboxylic acids is 2. The Labute approximate surface area is 186 Å². The Morgan fingerprint density at radius 3 is 1.22 bits per heavy atom. The Balaban J connectivity index is 0.000000462. The van der Waals surface area contributed by atoms with Crippen LogP contribution in [0.15, 0.2) is 48.5 Å². The second kappa shape index (κ2) is 16.5. The maximum absolute atomic E-state index is 9.50. The molecule has 178 valence electrons. The summed E-state index contributed by atoms with van der Waals surface area (Å²) in [5.74, 6) is -2.28. The third-order valence-corrected chi connectivity index (χ3v) is 4.01. The van der Waals surface area contributed by atoms with Crippen molar-refractivity contribution in [2.75, 3.05) is 27.2 Å². The van der Waals surface area contributed by atoms with Crippen molar-refractivity contribution in [1.82, 2.24) is 0 Å². The molecule has 2 aromatic carbocycles. The molecule has 0 aromatic heterocycles. The number of hydrogen-bond acceptors (Lipinski definition) is 8. The van der Waals surface area contributed by atoms with Crippen LogP contribution in [0.25, 0.3) is 0 Å². The first kappa shape index (κ1) is 28.8. The number of phenolic OH excluding ortho intramolecular Hbond substituents is 2. The Kier molecular flexibility index (Phi) is 14.9. The highest BCUT2D eigenvalue weighted by atomic mass is 16.4. The van der Waals surface area contributed by atoms with E-state index in [4.69, 9.17) is 10.2 Å². The predicted molar refractivity (Wildman–Crippen MR) is 111 cm³/mol. The first-order chi connectivity index (χ1) is 15.1. The SMILES string of the molecule is C[NH2+]C[C@@H](O)c1ccc(O)cc1.C[NH2+]C[C@H](O)c1ccc(O)cc1.O=C([O-])CCC(=O)[O-]. The van der Waals surface area contributed by atoms with Gasteiger partial charge >= 0.3 is 0 Å². The lowest BCUT2D eigenvalue weighted by molar-refractivity contribution is -0.634. The van der Waals surface area contributed by atoms with E-state index in [1.54, 1.807) is 48.5 Å². The minimum atomic E-state index is -1.37. The maximum atomic E-state index is 9.50. The van der Waals surface area contributed by atoms with Gasteiger partial charge in [0.15, 0.2) is 0 Å². The highest BCUT2D eigenvalue weighted by molar-refractivity contribution is 5.72. The van der Waals surface area contributed by atoms with Crippen molar-refractivity contribution in [3.05, 3.63) is 59.7 Å². The van der Waals surface area contributed by atoms with E-state index in [9.17, 15) is 30.0 Å². The highest BCUT2D eigenvalue weighted by Crippen LogP contribution is 2.15. The van der Waals surface area contributed by atoms with E-state index >= 15 is 0 Å². The molecule has 2 atom stereocenters. The van der Waals surface area contributed by atoms with E-state index in [0.717, 1.165) is 11.1 Å². The molecule has 8 N–H and O–H groups in total. The average Bonchev–Trinajstić information content (AvgIpc) is 2.74. The molecule has 2 aromatic rings. The number of aliphatic hydroxyl groups excluding tert-OH is 2. The second-order valence-corrected chi connectivity index (χ2v) is 6.75. The molecule has 2 rings (SSSR count). The van der Waals surface area contributed by atoms with Gasteiger partial charge in [0.25, 0.3) is 0 Å². The molecule has 0 amide bonds. The molecule has 10 nitrogen and oxygen atoms in total. The fourth-order valence-electron chi connectivity index (χ4n) is 2.32. The molecule has 0 aliphatic rings. The normalized spacial score (nSPS) is 11.8. The summed E-state index contributed by atoms with van der Waals surface area (Å²) in [6.45, 7) is 1.29. The summed E-state index contributed by atoms with van der Waals surface area (Å²) in [7, 11) is 3.81. The van der Waals surface area contributed by atoms with E-state index in [1.807, 2.05) is 24.7 Å². The van der Waals surface area contributed by atoms with Gasteiger partial charge in [-0.05, 0) is 48.2 Å². The topological polar surface area (TPSA) is 194 Å². The maximum Gasteiger partial charge on any atom is 0.128 e. The second-order valence-electron chi connectivity index (χ2n) is 6.75. The van der Waals surface area contributed by atoms with E-state index in [0.29, 0.717) is 13.1 Å². The summed E-state index contributed by atoms with van der Waals surface area (Å²) in [4.78, 5) is 19.0. The van der Waals surface area contributed by atoms with Crippen molar-refractivity contribution in [2.45, 2.75) is 25.0 Å². The Hall–Kier alpha value is -3.18. The number of rotatable bonds is 9. The summed E-state index contributed by atoms with van der Waals surface area (Å²) in [6.07, 6.45) is -1.84. The van der Waals surface area contributed by atoms with Crippen LogP contribution in [-0.4, -0.2) is 59.5 Å². The summed E-state index contributed by atoms with van der Waals surface area (Å²) in [6, 6.07) is 13.2. The minimum absolute atomic E-state index is 0.228. The fraction of sp³-hybridized carbons (Fsp3) is 0.364. The lowest BCUT2D eigenvalue weighted by Crippen LogP contribution is -2.80. The number of nitrogens with two attached hydrogens (primary N) is 2. The number of benzene rings is 2. The molecule has 0 fully saturated rings. The van der Waals surface area contributed by atoms with E-state index < -0.39 is 37.0 Å². The van der Waals surface area contributed by atoms with Crippen LogP contribution in [0.2, 0.25) is 0 Å². The van der Waals surface area contributed by atoms with Crippen LogP contribution in [0.1, 0.15) is 36.2 Å². The highest BCUT2D eigenvalue weighted by Gasteiger charge is 2.07. The molecule has 0 heterocycles. The zero-order chi connectivity index (χ0) is 24.5. The summed E-state index contributed by atoms with van der Waals surface area (Å²) >= 11 is 0. The van der Waals surface area contributed by atoms with Crippen LogP contribution in [0, 0.1) is 0 Å². The standard InChI is InChI=1S/2C9H13NO2.C4H6O4/c2*1-10-6-9(12)7-2-4-8(11)5-3-7;5-3(6)1-2-4(7)8/h2*2-5,9-12H,6H2,1H3;1-2H2,(H,5,6)(H,7,8)/t2*9-;/m10./s1. The third kappa shape index (κ3) is 13.9. The van der Waals surface area contributed by atoms with Crippen LogP contribution >= 0.6 is 0 Å². The molecule has 0 spiro atoms. The number of likely N-dealkylation sites (N-methyl/N-ethyl adjacent to an activating group) is 2. The van der Waals surface area contributed by atoms with Crippen LogP contribution in [0.4, 0.5) is 0 Å². The fourth-order valence-corrected chi connectivity index (χ4v) is 2.32. The Bertz CT molecular complexity index is 714. The van der Waals surface area contributed by atoms with Crippen molar-refractivity contribution in [3.8, 4) is 11.5 Å². The van der Waals surface area contributed by atoms with Crippen LogP contribution < -0.4 is 20.8 Å². The quantitative estimate of drug-likeness (QED) is 0.225. The molecular formula is C22H32N2O8. The zero-order valence-electron chi connectivity index (χ0n) is 18.2. The number of phenols is 2. The first-order valence-electron chi connectivity index (χ1n) is 9.99. The smallest absolute Gasteiger partial charge is 0.128 e. The van der Waals surface area contributed by atoms with Gasteiger partial charge in [0.1, 0.15) is 36.8 Å². The summed E-state index contributed by atoms with van der Waals surface area (Å²) in [5.41, 5.74) is 1.68. The van der Waals surface area contributed by atoms with Crippen molar-refractivity contribution in [1.29, 1.82) is 0 Å². The third-order valence-electron chi connectivity index (χ3n) is 4.01. The van der Waals surface area contributed by atoms with Crippen LogP contribution in [-0.2, 0) is 9.59 Å². The van der Waals surface area contributed by atoms with Gasteiger partial charge < -0.3 is 50.9 Å². The lowest BCUT2D eigenvalue weighted by Gasteiger charge is -2.07. The van der Waals surface area contributed by atoms with Crippen molar-refractivity contribution in [3.63, 3.8) is 0 Å². The predicted octanol–water partition coefficient (Wildman–Crippen LogP) is -3.50. The number of aromatic hydroxyl groups is 2. The van der Waals surface area contributed by atoms with E-state index in [-0.39, 0.29) is 11.5 Å². The number of aliphatic carboxylic acids is 2. The molecule has 10 heteroatoms. The summed E-state index contributed by atoms with van der Waals surface area (Å²) < 4.78 is 0. The average molecular weight is 453 g/mol.